The molecule has 0 N–H and O–H groups in total. The van der Waals surface area contributed by atoms with Gasteiger partial charge in [0.25, 0.3) is 0 Å². The second kappa shape index (κ2) is 8.70. The summed E-state index contributed by atoms with van der Waals surface area (Å²) in [5.41, 5.74) is 0.652. The molecule has 0 aromatic heterocycles. The van der Waals surface area contributed by atoms with E-state index < -0.39 is 0 Å². The zero-order chi connectivity index (χ0) is 18.4. The van der Waals surface area contributed by atoms with Crippen molar-refractivity contribution < 1.29 is 9.47 Å². The number of nitrogens with zero attached hydrogens (tertiary/aromatic N) is 1. The van der Waals surface area contributed by atoms with E-state index in [1.807, 2.05) is 66.7 Å². The van der Waals surface area contributed by atoms with Crippen LogP contribution in [0.3, 0.4) is 0 Å². The molecule has 26 heavy (non-hydrogen) atoms. The molecule has 5 heteroatoms. The normalized spacial score (nSPS) is 10.2. The molecule has 0 aliphatic heterocycles. The monoisotopic (exact) mass is 379 g/mol. The molecule has 0 aliphatic rings. The van der Waals surface area contributed by atoms with Crippen LogP contribution in [0.2, 0.25) is 0 Å². The Morgan fingerprint density at radius 2 is 1.08 bits per heavy atom. The van der Waals surface area contributed by atoms with Gasteiger partial charge >= 0.3 is 0 Å². The Morgan fingerprint density at radius 3 is 1.50 bits per heavy atom. The molecule has 0 amide bonds. The van der Waals surface area contributed by atoms with Gasteiger partial charge in [-0.05, 0) is 36.4 Å². The molecule has 3 aromatic carbocycles. The van der Waals surface area contributed by atoms with E-state index in [0.29, 0.717) is 5.56 Å². The molecule has 130 valence electrons. The summed E-state index contributed by atoms with van der Waals surface area (Å²) in [6, 6.07) is 23.9. The van der Waals surface area contributed by atoms with E-state index in [-0.39, 0.29) is 0 Å². The first kappa shape index (κ1) is 18.2. The van der Waals surface area contributed by atoms with Crippen LogP contribution in [0, 0.1) is 11.3 Å². The first-order valence-corrected chi connectivity index (χ1v) is 9.55. The zero-order valence-corrected chi connectivity index (χ0v) is 16.1. The van der Waals surface area contributed by atoms with Crippen LogP contribution in [0.1, 0.15) is 5.56 Å². The number of para-hydroxylation sites is 2. The molecule has 3 nitrogen and oxygen atoms in total. The lowest BCUT2D eigenvalue weighted by atomic mass is 10.2. The Bertz CT molecular complexity index is 883. The summed E-state index contributed by atoms with van der Waals surface area (Å²) in [6.07, 6.45) is 0. The van der Waals surface area contributed by atoms with Crippen molar-refractivity contribution >= 4 is 23.5 Å². The lowest BCUT2D eigenvalue weighted by Crippen LogP contribution is -1.90. The van der Waals surface area contributed by atoms with E-state index in [1.54, 1.807) is 14.2 Å². The van der Waals surface area contributed by atoms with Crippen LogP contribution < -0.4 is 9.47 Å². The molecule has 3 rings (SSSR count). The Kier molecular flexibility index (Phi) is 6.11. The molecular formula is C21H17NO2S2. The molecule has 0 saturated carbocycles. The number of benzene rings is 3. The van der Waals surface area contributed by atoms with Crippen LogP contribution >= 0.6 is 23.5 Å². The summed E-state index contributed by atoms with van der Waals surface area (Å²) in [4.78, 5) is 3.76. The molecule has 0 fully saturated rings. The summed E-state index contributed by atoms with van der Waals surface area (Å²) in [6.45, 7) is 0. The van der Waals surface area contributed by atoms with Gasteiger partial charge in [-0.2, -0.15) is 5.26 Å². The highest BCUT2D eigenvalue weighted by atomic mass is 32.2. The second-order valence-corrected chi connectivity index (χ2v) is 7.41. The van der Waals surface area contributed by atoms with E-state index >= 15 is 0 Å². The SMILES string of the molecule is COc1ccccc1Sc1cccc(Sc2ccccc2OC)c1C#N. The molecule has 0 aliphatic carbocycles. The minimum absolute atomic E-state index is 0.652. The number of ether oxygens (including phenoxy) is 2. The summed E-state index contributed by atoms with van der Waals surface area (Å²) >= 11 is 3.07. The van der Waals surface area contributed by atoms with Gasteiger partial charge < -0.3 is 9.47 Å². The van der Waals surface area contributed by atoms with Crippen molar-refractivity contribution in [2.75, 3.05) is 14.2 Å². The fourth-order valence-electron chi connectivity index (χ4n) is 2.43. The maximum absolute atomic E-state index is 9.77. The summed E-state index contributed by atoms with van der Waals surface area (Å²) < 4.78 is 10.8. The first-order chi connectivity index (χ1) is 12.8. The van der Waals surface area contributed by atoms with Gasteiger partial charge in [-0.1, -0.05) is 53.9 Å². The van der Waals surface area contributed by atoms with Crippen LogP contribution in [0.5, 0.6) is 11.5 Å². The quantitative estimate of drug-likeness (QED) is 0.535. The Labute approximate surface area is 162 Å². The van der Waals surface area contributed by atoms with Gasteiger partial charge in [0.05, 0.1) is 29.6 Å². The highest BCUT2D eigenvalue weighted by molar-refractivity contribution is 8.00. The van der Waals surface area contributed by atoms with Gasteiger partial charge in [0.2, 0.25) is 0 Å². The molecule has 0 spiro atoms. The van der Waals surface area contributed by atoms with Crippen molar-refractivity contribution in [1.82, 2.24) is 0 Å². The molecule has 0 bridgehead atoms. The summed E-state index contributed by atoms with van der Waals surface area (Å²) in [5, 5.41) is 9.77. The molecule has 0 heterocycles. The summed E-state index contributed by atoms with van der Waals surface area (Å²) in [5.74, 6) is 1.59. The van der Waals surface area contributed by atoms with Crippen LogP contribution in [-0.4, -0.2) is 14.2 Å². The zero-order valence-electron chi connectivity index (χ0n) is 14.4. The predicted octanol–water partition coefficient (Wildman–Crippen LogP) is 5.88. The largest absolute Gasteiger partial charge is 0.496 e. The molecule has 0 unspecified atom stereocenters. The molecule has 0 saturated heterocycles. The Hall–Kier alpha value is -2.55. The smallest absolute Gasteiger partial charge is 0.132 e. The minimum Gasteiger partial charge on any atom is -0.496 e. The molecular weight excluding hydrogens is 362 g/mol. The van der Waals surface area contributed by atoms with E-state index in [0.717, 1.165) is 31.1 Å². The lowest BCUT2D eigenvalue weighted by molar-refractivity contribution is 0.405. The van der Waals surface area contributed by atoms with E-state index in [1.165, 1.54) is 23.5 Å². The van der Waals surface area contributed by atoms with Crippen LogP contribution in [-0.2, 0) is 0 Å². The molecule has 0 atom stereocenters. The summed E-state index contributed by atoms with van der Waals surface area (Å²) in [7, 11) is 3.30. The number of rotatable bonds is 6. The van der Waals surface area contributed by atoms with E-state index in [4.69, 9.17) is 9.47 Å². The van der Waals surface area contributed by atoms with E-state index in [2.05, 4.69) is 6.07 Å². The predicted molar refractivity (Wildman–Crippen MR) is 105 cm³/mol. The number of hydrogen-bond donors (Lipinski definition) is 0. The van der Waals surface area contributed by atoms with Crippen LogP contribution in [0.25, 0.3) is 0 Å². The lowest BCUT2D eigenvalue weighted by Gasteiger charge is -2.12. The molecule has 3 aromatic rings. The number of methoxy groups -OCH3 is 2. The minimum atomic E-state index is 0.652. The van der Waals surface area contributed by atoms with Crippen LogP contribution in [0.4, 0.5) is 0 Å². The van der Waals surface area contributed by atoms with Crippen molar-refractivity contribution in [2.24, 2.45) is 0 Å². The Morgan fingerprint density at radius 1 is 0.654 bits per heavy atom. The van der Waals surface area contributed by atoms with Gasteiger partial charge in [-0.3, -0.25) is 0 Å². The fourth-order valence-corrected chi connectivity index (χ4v) is 4.58. The fraction of sp³-hybridized carbons (Fsp3) is 0.0952. The maximum atomic E-state index is 9.77. The number of nitriles is 1. The van der Waals surface area contributed by atoms with Crippen molar-refractivity contribution in [3.8, 4) is 17.6 Å². The Balaban J connectivity index is 1.97. The second-order valence-electron chi connectivity index (χ2n) is 5.25. The van der Waals surface area contributed by atoms with Gasteiger partial charge in [-0.15, -0.1) is 0 Å². The van der Waals surface area contributed by atoms with Gasteiger partial charge in [-0.25, -0.2) is 0 Å². The third-order valence-electron chi connectivity index (χ3n) is 3.68. The third kappa shape index (κ3) is 3.98. The van der Waals surface area contributed by atoms with Gasteiger partial charge in [0, 0.05) is 9.79 Å². The van der Waals surface area contributed by atoms with Crippen molar-refractivity contribution in [1.29, 1.82) is 5.26 Å². The maximum Gasteiger partial charge on any atom is 0.132 e. The van der Waals surface area contributed by atoms with Gasteiger partial charge in [0.15, 0.2) is 0 Å². The molecule has 0 radical (unpaired) electrons. The van der Waals surface area contributed by atoms with Crippen molar-refractivity contribution in [3.05, 3.63) is 72.3 Å². The van der Waals surface area contributed by atoms with Gasteiger partial charge in [0.1, 0.15) is 17.6 Å². The van der Waals surface area contributed by atoms with Crippen LogP contribution in [0.15, 0.2) is 86.3 Å². The standard InChI is InChI=1S/C21H17NO2S2/c1-23-16-8-3-5-10-20(16)25-18-12-7-13-19(15(18)14-22)26-21-11-6-4-9-17(21)24-2/h3-13H,1-2H3. The van der Waals surface area contributed by atoms with E-state index in [9.17, 15) is 5.26 Å². The highest BCUT2D eigenvalue weighted by Gasteiger charge is 2.14. The number of hydrogen-bond acceptors (Lipinski definition) is 5. The van der Waals surface area contributed by atoms with Crippen molar-refractivity contribution in [2.45, 2.75) is 19.6 Å². The highest BCUT2D eigenvalue weighted by Crippen LogP contribution is 2.42. The average molecular weight is 380 g/mol. The first-order valence-electron chi connectivity index (χ1n) is 7.91. The third-order valence-corrected chi connectivity index (χ3v) is 5.91. The topological polar surface area (TPSA) is 42.2 Å². The van der Waals surface area contributed by atoms with Crippen molar-refractivity contribution in [3.63, 3.8) is 0 Å². The average Bonchev–Trinajstić information content (AvgIpc) is 2.69.